The number of methoxy groups -OCH3 is 1. The molecule has 0 saturated heterocycles. The van der Waals surface area contributed by atoms with Crippen LogP contribution in [0.3, 0.4) is 0 Å². The maximum atomic E-state index is 13.3. The fraction of sp³-hybridized carbons (Fsp3) is 0.381. The molecule has 0 aliphatic carbocycles. The molecular formula is C21H26O5S. The number of ether oxygens (including phenoxy) is 2. The number of carbonyl (C=O) groups is 1. The number of hydrogen-bond donors (Lipinski definition) is 0. The Morgan fingerprint density at radius 1 is 1.04 bits per heavy atom. The number of benzene rings is 2. The summed E-state index contributed by atoms with van der Waals surface area (Å²) in [4.78, 5) is 12.7. The van der Waals surface area contributed by atoms with Gasteiger partial charge in [-0.2, -0.15) is 0 Å². The van der Waals surface area contributed by atoms with Crippen molar-refractivity contribution in [3.05, 3.63) is 60.2 Å². The molecule has 2 rings (SSSR count). The van der Waals surface area contributed by atoms with Crippen LogP contribution in [0.15, 0.2) is 59.5 Å². The lowest BCUT2D eigenvalue weighted by Gasteiger charge is -2.27. The van der Waals surface area contributed by atoms with Gasteiger partial charge in [-0.3, -0.25) is 4.79 Å². The lowest BCUT2D eigenvalue weighted by Crippen LogP contribution is -2.45. The Morgan fingerprint density at radius 3 is 2.22 bits per heavy atom. The van der Waals surface area contributed by atoms with Crippen LogP contribution in [-0.4, -0.2) is 32.9 Å². The summed E-state index contributed by atoms with van der Waals surface area (Å²) >= 11 is 0. The molecule has 0 N–H and O–H groups in total. The topological polar surface area (TPSA) is 69.7 Å². The molecule has 0 aliphatic heterocycles. The number of rotatable bonds is 9. The molecule has 2 aromatic carbocycles. The Labute approximate surface area is 161 Å². The maximum Gasteiger partial charge on any atom is 0.327 e. The van der Waals surface area contributed by atoms with Gasteiger partial charge in [0.05, 0.1) is 18.6 Å². The predicted octanol–water partition coefficient (Wildman–Crippen LogP) is 3.81. The van der Waals surface area contributed by atoms with Crippen molar-refractivity contribution in [2.24, 2.45) is 0 Å². The van der Waals surface area contributed by atoms with Gasteiger partial charge in [0.1, 0.15) is 5.75 Å². The van der Waals surface area contributed by atoms with Crippen LogP contribution in [0.1, 0.15) is 32.3 Å². The average molecular weight is 391 g/mol. The smallest absolute Gasteiger partial charge is 0.327 e. The first-order valence-electron chi connectivity index (χ1n) is 8.95. The number of sulfone groups is 1. The third-order valence-electron chi connectivity index (χ3n) is 4.63. The van der Waals surface area contributed by atoms with Crippen LogP contribution in [0, 0.1) is 0 Å². The predicted molar refractivity (Wildman–Crippen MR) is 105 cm³/mol. The van der Waals surface area contributed by atoms with Gasteiger partial charge in [0.2, 0.25) is 0 Å². The average Bonchev–Trinajstić information content (AvgIpc) is 2.68. The molecule has 0 bridgehead atoms. The Hall–Kier alpha value is -2.34. The van der Waals surface area contributed by atoms with E-state index in [0.29, 0.717) is 18.6 Å². The molecule has 6 heteroatoms. The van der Waals surface area contributed by atoms with Crippen molar-refractivity contribution in [2.45, 2.75) is 42.8 Å². The molecule has 1 unspecified atom stereocenters. The SMILES string of the molecule is CCOC(=O)C(C)(CCCc1ccccc1)S(=O)(=O)c1ccc(OC)cc1. The molecule has 27 heavy (non-hydrogen) atoms. The zero-order chi connectivity index (χ0) is 19.9. The molecule has 0 aromatic heterocycles. The van der Waals surface area contributed by atoms with Gasteiger partial charge in [0.15, 0.2) is 14.6 Å². The summed E-state index contributed by atoms with van der Waals surface area (Å²) in [6.07, 6.45) is 1.41. The zero-order valence-corrected chi connectivity index (χ0v) is 16.8. The van der Waals surface area contributed by atoms with Gasteiger partial charge < -0.3 is 9.47 Å². The molecule has 0 saturated carbocycles. The molecule has 0 radical (unpaired) electrons. The monoisotopic (exact) mass is 390 g/mol. The van der Waals surface area contributed by atoms with E-state index in [0.717, 1.165) is 5.56 Å². The Morgan fingerprint density at radius 2 is 1.67 bits per heavy atom. The van der Waals surface area contributed by atoms with Gasteiger partial charge in [-0.05, 0) is 62.9 Å². The van der Waals surface area contributed by atoms with Crippen molar-refractivity contribution >= 4 is 15.8 Å². The first kappa shape index (κ1) is 21.0. The molecule has 0 spiro atoms. The summed E-state index contributed by atoms with van der Waals surface area (Å²) in [5, 5.41) is 0. The van der Waals surface area contributed by atoms with Gasteiger partial charge in [-0.25, -0.2) is 8.42 Å². The van der Waals surface area contributed by atoms with Crippen LogP contribution in [0.4, 0.5) is 0 Å². The van der Waals surface area contributed by atoms with E-state index in [1.165, 1.54) is 26.2 Å². The highest BCUT2D eigenvalue weighted by atomic mass is 32.2. The van der Waals surface area contributed by atoms with Gasteiger partial charge in [0, 0.05) is 0 Å². The second-order valence-electron chi connectivity index (χ2n) is 6.47. The first-order valence-corrected chi connectivity index (χ1v) is 10.4. The number of carbonyl (C=O) groups excluding carboxylic acids is 1. The van der Waals surface area contributed by atoms with Crippen molar-refractivity contribution in [1.82, 2.24) is 0 Å². The van der Waals surface area contributed by atoms with E-state index in [2.05, 4.69) is 0 Å². The summed E-state index contributed by atoms with van der Waals surface area (Å²) in [5.41, 5.74) is 1.10. The van der Waals surface area contributed by atoms with Gasteiger partial charge in [-0.15, -0.1) is 0 Å². The van der Waals surface area contributed by atoms with Gasteiger partial charge in [0.25, 0.3) is 0 Å². The molecule has 5 nitrogen and oxygen atoms in total. The van der Waals surface area contributed by atoms with E-state index in [1.807, 2.05) is 30.3 Å². The zero-order valence-electron chi connectivity index (χ0n) is 16.0. The molecule has 1 atom stereocenters. The van der Waals surface area contributed by atoms with Gasteiger partial charge >= 0.3 is 5.97 Å². The van der Waals surface area contributed by atoms with E-state index in [4.69, 9.17) is 9.47 Å². The third kappa shape index (κ3) is 4.69. The van der Waals surface area contributed by atoms with Crippen molar-refractivity contribution in [2.75, 3.05) is 13.7 Å². The van der Waals surface area contributed by atoms with Crippen LogP contribution < -0.4 is 4.74 Å². The van der Waals surface area contributed by atoms with Crippen LogP contribution in [0.2, 0.25) is 0 Å². The van der Waals surface area contributed by atoms with Gasteiger partial charge in [-0.1, -0.05) is 30.3 Å². The quantitative estimate of drug-likeness (QED) is 0.609. The van der Waals surface area contributed by atoms with Crippen LogP contribution in [0.5, 0.6) is 5.75 Å². The fourth-order valence-electron chi connectivity index (χ4n) is 2.92. The fourth-order valence-corrected chi connectivity index (χ4v) is 4.63. The van der Waals surface area contributed by atoms with Crippen LogP contribution in [-0.2, 0) is 25.8 Å². The van der Waals surface area contributed by atoms with Crippen molar-refractivity contribution < 1.29 is 22.7 Å². The first-order chi connectivity index (χ1) is 12.8. The minimum absolute atomic E-state index is 0.0820. The highest BCUT2D eigenvalue weighted by Gasteiger charge is 2.48. The molecule has 0 amide bonds. The standard InChI is InChI=1S/C21H26O5S/c1-4-26-20(22)21(2,16-8-11-17-9-6-5-7-10-17)27(23,24)19-14-12-18(25-3)13-15-19/h5-7,9-10,12-15H,4,8,11,16H2,1-3H3. The lowest BCUT2D eigenvalue weighted by atomic mass is 10.0. The van der Waals surface area contributed by atoms with E-state index < -0.39 is 20.6 Å². The molecule has 146 valence electrons. The Kier molecular flexibility index (Phi) is 7.02. The summed E-state index contributed by atoms with van der Waals surface area (Å²) in [6.45, 7) is 3.25. The Bertz CT molecular complexity index is 844. The second-order valence-corrected chi connectivity index (χ2v) is 8.85. The van der Waals surface area contributed by atoms with Crippen LogP contribution in [0.25, 0.3) is 0 Å². The highest BCUT2D eigenvalue weighted by molar-refractivity contribution is 7.93. The Balaban J connectivity index is 2.28. The molecule has 0 heterocycles. The lowest BCUT2D eigenvalue weighted by molar-refractivity contribution is -0.146. The van der Waals surface area contributed by atoms with Crippen molar-refractivity contribution in [3.8, 4) is 5.75 Å². The number of aryl methyl sites for hydroxylation is 1. The van der Waals surface area contributed by atoms with Crippen molar-refractivity contribution in [3.63, 3.8) is 0 Å². The third-order valence-corrected chi connectivity index (χ3v) is 7.08. The molecule has 2 aromatic rings. The summed E-state index contributed by atoms with van der Waals surface area (Å²) < 4.78 is 35.1. The maximum absolute atomic E-state index is 13.3. The van der Waals surface area contributed by atoms with E-state index >= 15 is 0 Å². The van der Waals surface area contributed by atoms with E-state index in [-0.39, 0.29) is 17.9 Å². The minimum Gasteiger partial charge on any atom is -0.497 e. The minimum atomic E-state index is -3.93. The number of esters is 1. The highest BCUT2D eigenvalue weighted by Crippen LogP contribution is 2.33. The van der Waals surface area contributed by atoms with E-state index in [9.17, 15) is 13.2 Å². The normalized spacial score (nSPS) is 13.6. The molecule has 0 aliphatic rings. The van der Waals surface area contributed by atoms with Crippen molar-refractivity contribution in [1.29, 1.82) is 0 Å². The molecule has 0 fully saturated rings. The number of hydrogen-bond acceptors (Lipinski definition) is 5. The summed E-state index contributed by atoms with van der Waals surface area (Å²) in [7, 11) is -2.42. The second kappa shape index (κ2) is 9.04. The van der Waals surface area contributed by atoms with Crippen LogP contribution >= 0.6 is 0 Å². The van der Waals surface area contributed by atoms with E-state index in [1.54, 1.807) is 19.1 Å². The summed E-state index contributed by atoms with van der Waals surface area (Å²) in [6, 6.07) is 15.8. The largest absolute Gasteiger partial charge is 0.497 e. The molecular weight excluding hydrogens is 364 g/mol. The summed E-state index contributed by atoms with van der Waals surface area (Å²) in [5.74, 6) is -0.162.